The second-order valence-corrected chi connectivity index (χ2v) is 5.60. The topological polar surface area (TPSA) is 17.1 Å². The van der Waals surface area contributed by atoms with Gasteiger partial charge in [-0.25, -0.2) is 0 Å². The molecule has 0 aliphatic heterocycles. The molecule has 1 heteroatoms. The average Bonchev–Trinajstić information content (AvgIpc) is 2.56. The van der Waals surface area contributed by atoms with Crippen molar-refractivity contribution in [1.29, 1.82) is 0 Å². The van der Waals surface area contributed by atoms with Crippen LogP contribution in [0.4, 0.5) is 0 Å². The molecule has 114 valence electrons. The van der Waals surface area contributed by atoms with Gasteiger partial charge in [0.2, 0.25) is 0 Å². The molecule has 0 radical (unpaired) electrons. The summed E-state index contributed by atoms with van der Waals surface area (Å²) in [5, 5.41) is 0. The molecule has 0 saturated carbocycles. The van der Waals surface area contributed by atoms with Crippen molar-refractivity contribution in [1.82, 2.24) is 0 Å². The highest BCUT2D eigenvalue weighted by Crippen LogP contribution is 2.21. The molecule has 0 saturated heterocycles. The van der Waals surface area contributed by atoms with Gasteiger partial charge in [-0.2, -0.15) is 0 Å². The third-order valence-electron chi connectivity index (χ3n) is 3.84. The molecule has 0 spiro atoms. The minimum atomic E-state index is 0.0559. The van der Waals surface area contributed by atoms with E-state index >= 15 is 0 Å². The number of allylic oxidation sites excluding steroid dienone is 2. The Kier molecular flexibility index (Phi) is 6.14. The zero-order chi connectivity index (χ0) is 15.8. The van der Waals surface area contributed by atoms with E-state index in [-0.39, 0.29) is 5.78 Å². The highest BCUT2D eigenvalue weighted by Gasteiger charge is 2.03. The Morgan fingerprint density at radius 3 is 2.05 bits per heavy atom. The number of unbranched alkanes of at least 4 members (excludes halogenated alkanes) is 2. The summed E-state index contributed by atoms with van der Waals surface area (Å²) >= 11 is 0. The standard InChI is InChI=1S/C21H24O/c1-3-5-6-8-17-9-11-18(12-10-17)19-13-15-20(16-14-19)21(22)7-4-2/h4,7,9-16H,3,5-6,8H2,1-2H3. The van der Waals surface area contributed by atoms with Gasteiger partial charge in [-0.1, -0.05) is 74.4 Å². The minimum Gasteiger partial charge on any atom is -0.289 e. The third-order valence-corrected chi connectivity index (χ3v) is 3.84. The van der Waals surface area contributed by atoms with Gasteiger partial charge in [0, 0.05) is 5.56 Å². The maximum Gasteiger partial charge on any atom is 0.185 e. The molecule has 0 unspecified atom stereocenters. The Bertz CT molecular complexity index is 618. The van der Waals surface area contributed by atoms with E-state index in [9.17, 15) is 4.79 Å². The van der Waals surface area contributed by atoms with Crippen LogP contribution < -0.4 is 0 Å². The lowest BCUT2D eigenvalue weighted by atomic mass is 9.99. The summed E-state index contributed by atoms with van der Waals surface area (Å²) in [6, 6.07) is 16.6. The van der Waals surface area contributed by atoms with Crippen molar-refractivity contribution < 1.29 is 4.79 Å². The maximum absolute atomic E-state index is 11.8. The number of rotatable bonds is 7. The number of hydrogen-bond donors (Lipinski definition) is 0. The molecule has 22 heavy (non-hydrogen) atoms. The van der Waals surface area contributed by atoms with E-state index in [0.29, 0.717) is 0 Å². The van der Waals surface area contributed by atoms with Crippen LogP contribution in [0.5, 0.6) is 0 Å². The minimum absolute atomic E-state index is 0.0559. The Morgan fingerprint density at radius 2 is 1.50 bits per heavy atom. The summed E-state index contributed by atoms with van der Waals surface area (Å²) in [5.74, 6) is 0.0559. The Balaban J connectivity index is 2.06. The molecule has 2 aromatic rings. The van der Waals surface area contributed by atoms with Crippen LogP contribution in [-0.4, -0.2) is 5.78 Å². The van der Waals surface area contributed by atoms with Crippen molar-refractivity contribution in [3.8, 4) is 11.1 Å². The Morgan fingerprint density at radius 1 is 0.909 bits per heavy atom. The molecule has 0 atom stereocenters. The van der Waals surface area contributed by atoms with Gasteiger partial charge >= 0.3 is 0 Å². The highest BCUT2D eigenvalue weighted by molar-refractivity contribution is 6.04. The average molecular weight is 292 g/mol. The van der Waals surface area contributed by atoms with E-state index in [1.54, 1.807) is 12.2 Å². The lowest BCUT2D eigenvalue weighted by molar-refractivity contribution is 0.104. The van der Waals surface area contributed by atoms with Crippen LogP contribution in [0, 0.1) is 0 Å². The molecule has 0 bridgehead atoms. The SMILES string of the molecule is CC=CC(=O)c1ccc(-c2ccc(CCCCC)cc2)cc1. The molecule has 0 aliphatic rings. The second kappa shape index (κ2) is 8.33. The predicted molar refractivity (Wildman–Crippen MR) is 94.3 cm³/mol. The zero-order valence-electron chi connectivity index (χ0n) is 13.5. The number of ketones is 1. The first-order valence-electron chi connectivity index (χ1n) is 8.11. The molecule has 1 nitrogen and oxygen atoms in total. The lowest BCUT2D eigenvalue weighted by Gasteiger charge is -2.05. The van der Waals surface area contributed by atoms with Crippen LogP contribution in [0.25, 0.3) is 11.1 Å². The van der Waals surface area contributed by atoms with Gasteiger partial charge in [-0.15, -0.1) is 0 Å². The predicted octanol–water partition coefficient (Wildman–Crippen LogP) is 5.85. The van der Waals surface area contributed by atoms with Crippen molar-refractivity contribution in [2.75, 3.05) is 0 Å². The van der Waals surface area contributed by atoms with E-state index in [1.165, 1.54) is 30.4 Å². The lowest BCUT2D eigenvalue weighted by Crippen LogP contribution is -1.93. The molecule has 0 aromatic heterocycles. The van der Waals surface area contributed by atoms with Crippen molar-refractivity contribution >= 4 is 5.78 Å². The van der Waals surface area contributed by atoms with E-state index in [2.05, 4.69) is 31.2 Å². The largest absolute Gasteiger partial charge is 0.289 e. The summed E-state index contributed by atoms with van der Waals surface area (Å²) in [4.78, 5) is 11.8. The summed E-state index contributed by atoms with van der Waals surface area (Å²) < 4.78 is 0. The number of carbonyl (C=O) groups excluding carboxylic acids is 1. The molecule has 2 rings (SSSR count). The number of carbonyl (C=O) groups is 1. The smallest absolute Gasteiger partial charge is 0.185 e. The highest BCUT2D eigenvalue weighted by atomic mass is 16.1. The van der Waals surface area contributed by atoms with Crippen molar-refractivity contribution in [3.63, 3.8) is 0 Å². The molecule has 0 heterocycles. The van der Waals surface area contributed by atoms with Crippen LogP contribution in [0.15, 0.2) is 60.7 Å². The van der Waals surface area contributed by atoms with E-state index in [1.807, 2.05) is 31.2 Å². The molecule has 0 N–H and O–H groups in total. The summed E-state index contributed by atoms with van der Waals surface area (Å²) in [7, 11) is 0. The van der Waals surface area contributed by atoms with Gasteiger partial charge < -0.3 is 0 Å². The van der Waals surface area contributed by atoms with Crippen LogP contribution in [0.1, 0.15) is 49.0 Å². The fraction of sp³-hybridized carbons (Fsp3) is 0.286. The molecule has 0 aliphatic carbocycles. The van der Waals surface area contributed by atoms with Crippen molar-refractivity contribution in [2.45, 2.75) is 39.5 Å². The van der Waals surface area contributed by atoms with Gasteiger partial charge in [0.05, 0.1) is 0 Å². The maximum atomic E-state index is 11.8. The van der Waals surface area contributed by atoms with Gasteiger partial charge in [-0.05, 0) is 42.5 Å². The third kappa shape index (κ3) is 4.42. The fourth-order valence-corrected chi connectivity index (χ4v) is 2.52. The van der Waals surface area contributed by atoms with Gasteiger partial charge in [0.15, 0.2) is 5.78 Å². The molecule has 2 aromatic carbocycles. The first-order chi connectivity index (χ1) is 10.7. The monoisotopic (exact) mass is 292 g/mol. The quantitative estimate of drug-likeness (QED) is 0.355. The number of hydrogen-bond acceptors (Lipinski definition) is 1. The molecular formula is C21H24O. The van der Waals surface area contributed by atoms with Crippen LogP contribution >= 0.6 is 0 Å². The fourth-order valence-electron chi connectivity index (χ4n) is 2.52. The molecule has 0 amide bonds. The Labute approximate surface area is 133 Å². The van der Waals surface area contributed by atoms with Crippen LogP contribution in [0.2, 0.25) is 0 Å². The van der Waals surface area contributed by atoms with Gasteiger partial charge in [-0.3, -0.25) is 4.79 Å². The van der Waals surface area contributed by atoms with E-state index in [0.717, 1.165) is 17.5 Å². The molecular weight excluding hydrogens is 268 g/mol. The van der Waals surface area contributed by atoms with Crippen molar-refractivity contribution in [2.24, 2.45) is 0 Å². The zero-order valence-corrected chi connectivity index (χ0v) is 13.5. The van der Waals surface area contributed by atoms with E-state index < -0.39 is 0 Å². The summed E-state index contributed by atoms with van der Waals surface area (Å²) in [6.07, 6.45) is 8.34. The summed E-state index contributed by atoms with van der Waals surface area (Å²) in [6.45, 7) is 4.09. The van der Waals surface area contributed by atoms with Crippen LogP contribution in [0.3, 0.4) is 0 Å². The summed E-state index contributed by atoms with van der Waals surface area (Å²) in [5.41, 5.74) is 4.48. The van der Waals surface area contributed by atoms with Gasteiger partial charge in [0.1, 0.15) is 0 Å². The first kappa shape index (κ1) is 16.2. The van der Waals surface area contributed by atoms with Crippen LogP contribution in [-0.2, 0) is 6.42 Å². The second-order valence-electron chi connectivity index (χ2n) is 5.60. The van der Waals surface area contributed by atoms with Gasteiger partial charge in [0.25, 0.3) is 0 Å². The Hall–Kier alpha value is -2.15. The molecule has 0 fully saturated rings. The normalized spacial score (nSPS) is 11.0. The number of aryl methyl sites for hydroxylation is 1. The van der Waals surface area contributed by atoms with E-state index in [4.69, 9.17) is 0 Å². The van der Waals surface area contributed by atoms with Crippen molar-refractivity contribution in [3.05, 3.63) is 71.8 Å². The number of benzene rings is 2. The first-order valence-corrected chi connectivity index (χ1v) is 8.11.